The number of aromatic hydroxyl groups is 1. The summed E-state index contributed by atoms with van der Waals surface area (Å²) >= 11 is 12.9. The number of ether oxygens (including phenoxy) is 1. The average molecular weight is 552 g/mol. The van der Waals surface area contributed by atoms with Crippen LogP contribution in [0.2, 0.25) is 10.0 Å². The molecule has 1 amide bonds. The highest BCUT2D eigenvalue weighted by atomic mass is 35.5. The number of amides is 1. The number of rotatable bonds is 9. The minimum absolute atomic E-state index is 0.0344. The Balaban J connectivity index is 1.54. The number of phenols is 1. The summed E-state index contributed by atoms with van der Waals surface area (Å²) in [4.78, 5) is 13.1. The summed E-state index contributed by atoms with van der Waals surface area (Å²) in [5.74, 6) is 1.01. The van der Waals surface area contributed by atoms with Crippen LogP contribution in [-0.4, -0.2) is 49.7 Å². The van der Waals surface area contributed by atoms with E-state index in [0.29, 0.717) is 29.7 Å². The molecule has 5 nitrogen and oxygen atoms in total. The molecule has 0 saturated heterocycles. The fourth-order valence-electron chi connectivity index (χ4n) is 4.56. The quantitative estimate of drug-likeness (QED) is 0.232. The lowest BCUT2D eigenvalue weighted by Crippen LogP contribution is -2.22. The van der Waals surface area contributed by atoms with Gasteiger partial charge in [0.15, 0.2) is 0 Å². The maximum absolute atomic E-state index is 11.6. The van der Waals surface area contributed by atoms with Gasteiger partial charge < -0.3 is 20.1 Å². The zero-order valence-corrected chi connectivity index (χ0v) is 23.1. The maximum Gasteiger partial charge on any atom is 0.245 e. The second-order valence-corrected chi connectivity index (χ2v) is 10.2. The monoisotopic (exact) mass is 550 g/mol. The van der Waals surface area contributed by atoms with Crippen LogP contribution in [0.1, 0.15) is 35.1 Å². The Labute approximate surface area is 234 Å². The summed E-state index contributed by atoms with van der Waals surface area (Å²) in [6, 6.07) is 19.3. The minimum Gasteiger partial charge on any atom is -0.508 e. The van der Waals surface area contributed by atoms with Gasteiger partial charge in [-0.2, -0.15) is 0 Å². The number of allylic oxidation sites excluding steroid dienone is 1. The SMILES string of the molecule is CN(C)C(=O)/C=C/CNCCOc1ccc(C2=C(c3ccc(Cl)cc3Cl)CCCc3cc(O)ccc32)cc1. The Bertz CT molecular complexity index is 1350. The summed E-state index contributed by atoms with van der Waals surface area (Å²) in [6.07, 6.45) is 6.03. The van der Waals surface area contributed by atoms with Crippen LogP contribution in [-0.2, 0) is 11.2 Å². The first-order valence-electron chi connectivity index (χ1n) is 12.7. The highest BCUT2D eigenvalue weighted by Crippen LogP contribution is 2.43. The van der Waals surface area contributed by atoms with E-state index >= 15 is 0 Å². The number of nitrogens with one attached hydrogen (secondary N) is 1. The molecule has 0 spiro atoms. The van der Waals surface area contributed by atoms with Crippen molar-refractivity contribution in [3.63, 3.8) is 0 Å². The maximum atomic E-state index is 11.6. The second-order valence-electron chi connectivity index (χ2n) is 9.38. The number of carbonyl (C=O) groups excluding carboxylic acids is 1. The molecule has 2 N–H and O–H groups in total. The van der Waals surface area contributed by atoms with Gasteiger partial charge in [0, 0.05) is 43.3 Å². The van der Waals surface area contributed by atoms with Crippen molar-refractivity contribution >= 4 is 40.3 Å². The smallest absolute Gasteiger partial charge is 0.245 e. The van der Waals surface area contributed by atoms with Crippen molar-refractivity contribution in [2.75, 3.05) is 33.8 Å². The normalized spacial score (nSPS) is 13.4. The molecule has 3 aromatic carbocycles. The van der Waals surface area contributed by atoms with Crippen LogP contribution in [0.4, 0.5) is 0 Å². The Morgan fingerprint density at radius 1 is 1.03 bits per heavy atom. The second kappa shape index (κ2) is 13.0. The molecule has 0 fully saturated rings. The highest BCUT2D eigenvalue weighted by Gasteiger charge is 2.22. The predicted octanol–water partition coefficient (Wildman–Crippen LogP) is 6.61. The summed E-state index contributed by atoms with van der Waals surface area (Å²) in [5, 5.41) is 14.6. The molecule has 1 aliphatic rings. The lowest BCUT2D eigenvalue weighted by Gasteiger charge is -2.18. The molecule has 38 heavy (non-hydrogen) atoms. The molecule has 198 valence electrons. The third-order valence-corrected chi connectivity index (χ3v) is 6.99. The van der Waals surface area contributed by atoms with Crippen LogP contribution in [0.3, 0.4) is 0 Å². The van der Waals surface area contributed by atoms with Crippen molar-refractivity contribution in [1.29, 1.82) is 0 Å². The molecule has 0 atom stereocenters. The van der Waals surface area contributed by atoms with Gasteiger partial charge in [-0.15, -0.1) is 0 Å². The van der Waals surface area contributed by atoms with E-state index < -0.39 is 0 Å². The summed E-state index contributed by atoms with van der Waals surface area (Å²) < 4.78 is 5.92. The number of carbonyl (C=O) groups is 1. The lowest BCUT2D eigenvalue weighted by molar-refractivity contribution is -0.123. The molecule has 3 aromatic rings. The Hall–Kier alpha value is -3.25. The van der Waals surface area contributed by atoms with E-state index in [0.717, 1.165) is 58.4 Å². The van der Waals surface area contributed by atoms with Crippen LogP contribution < -0.4 is 10.1 Å². The van der Waals surface area contributed by atoms with Gasteiger partial charge in [-0.05, 0) is 89.1 Å². The van der Waals surface area contributed by atoms with Crippen LogP contribution in [0.25, 0.3) is 11.1 Å². The third-order valence-electron chi connectivity index (χ3n) is 6.44. The first-order chi connectivity index (χ1) is 18.3. The zero-order valence-electron chi connectivity index (χ0n) is 21.6. The first kappa shape index (κ1) is 27.8. The molecule has 0 unspecified atom stereocenters. The van der Waals surface area contributed by atoms with Gasteiger partial charge in [0.05, 0.1) is 0 Å². The number of aryl methyl sites for hydroxylation is 1. The summed E-state index contributed by atoms with van der Waals surface area (Å²) in [5.41, 5.74) is 6.51. The van der Waals surface area contributed by atoms with E-state index in [1.165, 1.54) is 4.90 Å². The van der Waals surface area contributed by atoms with Gasteiger partial charge in [0.25, 0.3) is 0 Å². The van der Waals surface area contributed by atoms with E-state index in [1.807, 2.05) is 36.4 Å². The average Bonchev–Trinajstić information content (AvgIpc) is 3.07. The summed E-state index contributed by atoms with van der Waals surface area (Å²) in [7, 11) is 3.45. The highest BCUT2D eigenvalue weighted by molar-refractivity contribution is 6.36. The first-order valence-corrected chi connectivity index (χ1v) is 13.4. The Morgan fingerprint density at radius 2 is 1.79 bits per heavy atom. The van der Waals surface area contributed by atoms with Gasteiger partial charge in [0.2, 0.25) is 5.91 Å². The fraction of sp³-hybridized carbons (Fsp3) is 0.258. The molecule has 0 radical (unpaired) electrons. The van der Waals surface area contributed by atoms with E-state index in [2.05, 4.69) is 17.4 Å². The minimum atomic E-state index is -0.0344. The number of phenolic OH excluding ortho intramolecular Hbond substituents is 1. The molecule has 7 heteroatoms. The van der Waals surface area contributed by atoms with E-state index in [1.54, 1.807) is 38.4 Å². The van der Waals surface area contributed by atoms with Crippen LogP contribution >= 0.6 is 23.2 Å². The van der Waals surface area contributed by atoms with Crippen molar-refractivity contribution in [3.05, 3.63) is 105 Å². The van der Waals surface area contributed by atoms with Gasteiger partial charge >= 0.3 is 0 Å². The molecule has 0 aliphatic heterocycles. The molecule has 0 bridgehead atoms. The van der Waals surface area contributed by atoms with Crippen LogP contribution in [0, 0.1) is 0 Å². The Morgan fingerprint density at radius 3 is 2.53 bits per heavy atom. The summed E-state index contributed by atoms with van der Waals surface area (Å²) in [6.45, 7) is 1.76. The standard InChI is InChI=1S/C31H32Cl2N2O3/c1-35(2)30(37)7-4-16-34-17-18-38-25-12-8-21(9-13-25)31-26-15-11-24(36)19-22(26)5-3-6-28(31)27-14-10-23(32)20-29(27)33/h4,7-15,19-20,34,36H,3,5-6,16-18H2,1-2H3/b7-4+. The van der Waals surface area contributed by atoms with Crippen molar-refractivity contribution in [1.82, 2.24) is 10.2 Å². The lowest BCUT2D eigenvalue weighted by atomic mass is 9.88. The number of halogens is 2. The number of hydrogen-bond donors (Lipinski definition) is 2. The Kier molecular flexibility index (Phi) is 9.51. The van der Waals surface area contributed by atoms with Crippen LogP contribution in [0.15, 0.2) is 72.8 Å². The number of fused-ring (bicyclic) bond motifs is 1. The number of hydrogen-bond acceptors (Lipinski definition) is 4. The van der Waals surface area contributed by atoms with Crippen molar-refractivity contribution in [2.45, 2.75) is 19.3 Å². The predicted molar refractivity (Wildman–Crippen MR) is 156 cm³/mol. The molecule has 0 saturated carbocycles. The van der Waals surface area contributed by atoms with Crippen molar-refractivity contribution in [2.24, 2.45) is 0 Å². The van der Waals surface area contributed by atoms with E-state index in [-0.39, 0.29) is 11.7 Å². The van der Waals surface area contributed by atoms with Crippen molar-refractivity contribution < 1.29 is 14.6 Å². The molecular weight excluding hydrogens is 519 g/mol. The molecule has 0 heterocycles. The van der Waals surface area contributed by atoms with Crippen LogP contribution in [0.5, 0.6) is 11.5 Å². The van der Waals surface area contributed by atoms with E-state index in [9.17, 15) is 9.90 Å². The third kappa shape index (κ3) is 6.98. The number of nitrogens with zero attached hydrogens (tertiary/aromatic N) is 1. The van der Waals surface area contributed by atoms with Gasteiger partial charge in [0.1, 0.15) is 18.1 Å². The molecule has 4 rings (SSSR count). The van der Waals surface area contributed by atoms with E-state index in [4.69, 9.17) is 27.9 Å². The molecule has 0 aromatic heterocycles. The largest absolute Gasteiger partial charge is 0.508 e. The molecular formula is C31H32Cl2N2O3. The molecule has 1 aliphatic carbocycles. The fourth-order valence-corrected chi connectivity index (χ4v) is 5.08. The van der Waals surface area contributed by atoms with Gasteiger partial charge in [-0.25, -0.2) is 0 Å². The van der Waals surface area contributed by atoms with Gasteiger partial charge in [-0.1, -0.05) is 53.5 Å². The van der Waals surface area contributed by atoms with Crippen molar-refractivity contribution in [3.8, 4) is 11.5 Å². The number of benzene rings is 3. The van der Waals surface area contributed by atoms with Gasteiger partial charge in [-0.3, -0.25) is 4.79 Å². The topological polar surface area (TPSA) is 61.8 Å². The zero-order chi connectivity index (χ0) is 27.1. The number of likely N-dealkylation sites (N-methyl/N-ethyl adjacent to an activating group) is 1.